The highest BCUT2D eigenvalue weighted by molar-refractivity contribution is 7.99. The summed E-state index contributed by atoms with van der Waals surface area (Å²) in [4.78, 5) is 16.4. The molecule has 26 heavy (non-hydrogen) atoms. The minimum absolute atomic E-state index is 0.0192. The molecule has 1 amide bonds. The molecule has 3 rings (SSSR count). The molecular weight excluding hydrogens is 349 g/mol. The third-order valence-electron chi connectivity index (χ3n) is 3.97. The predicted molar refractivity (Wildman–Crippen MR) is 103 cm³/mol. The quantitative estimate of drug-likeness (QED) is 0.688. The molecule has 0 atom stereocenters. The van der Waals surface area contributed by atoms with Gasteiger partial charge in [0.25, 0.3) is 0 Å². The first kappa shape index (κ1) is 18.2. The molecular formula is C20H20FN3OS. The van der Waals surface area contributed by atoms with Crippen LogP contribution >= 0.6 is 11.8 Å². The molecule has 3 aromatic rings. The van der Waals surface area contributed by atoms with E-state index in [4.69, 9.17) is 0 Å². The summed E-state index contributed by atoms with van der Waals surface area (Å²) in [5.41, 5.74) is 3.05. The number of benzene rings is 2. The van der Waals surface area contributed by atoms with Crippen LogP contribution in [0.15, 0.2) is 60.9 Å². The van der Waals surface area contributed by atoms with Crippen LogP contribution < -0.4 is 5.32 Å². The monoisotopic (exact) mass is 369 g/mol. The number of imidazole rings is 1. The largest absolute Gasteiger partial charge is 0.351 e. The van der Waals surface area contributed by atoms with Crippen molar-refractivity contribution in [2.75, 3.05) is 5.75 Å². The van der Waals surface area contributed by atoms with Crippen molar-refractivity contribution in [3.63, 3.8) is 0 Å². The summed E-state index contributed by atoms with van der Waals surface area (Å²) in [7, 11) is 0. The van der Waals surface area contributed by atoms with Crippen LogP contribution in [0.5, 0.6) is 0 Å². The van der Waals surface area contributed by atoms with Gasteiger partial charge < -0.3 is 9.88 Å². The number of halogens is 1. The normalized spacial score (nSPS) is 10.7. The molecule has 1 heterocycles. The smallest absolute Gasteiger partial charge is 0.230 e. The second kappa shape index (κ2) is 8.67. The number of aryl methyl sites for hydroxylation is 1. The van der Waals surface area contributed by atoms with Crippen LogP contribution in [0.25, 0.3) is 5.69 Å². The number of nitrogens with zero attached hydrogens (tertiary/aromatic N) is 2. The molecule has 0 saturated heterocycles. The first-order valence-electron chi connectivity index (χ1n) is 8.30. The number of hydrogen-bond acceptors (Lipinski definition) is 3. The number of carbonyl (C=O) groups is 1. The maximum Gasteiger partial charge on any atom is 0.230 e. The van der Waals surface area contributed by atoms with E-state index in [1.807, 2.05) is 42.0 Å². The maximum absolute atomic E-state index is 12.9. The van der Waals surface area contributed by atoms with Crippen LogP contribution in [-0.2, 0) is 17.1 Å². The van der Waals surface area contributed by atoms with E-state index in [1.165, 1.54) is 23.9 Å². The SMILES string of the molecule is Cc1nccn1-c1ccccc1CNC(=O)CSCc1ccc(F)cc1. The van der Waals surface area contributed by atoms with Gasteiger partial charge in [0.2, 0.25) is 5.91 Å². The van der Waals surface area contributed by atoms with E-state index in [-0.39, 0.29) is 11.7 Å². The zero-order valence-electron chi connectivity index (χ0n) is 14.5. The standard InChI is InChI=1S/C20H20FN3OS/c1-15-22-10-11-24(15)19-5-3-2-4-17(19)12-23-20(25)14-26-13-16-6-8-18(21)9-7-16/h2-11H,12-14H2,1H3,(H,23,25). The second-order valence-corrected chi connectivity index (χ2v) is 6.85. The molecule has 1 aromatic heterocycles. The van der Waals surface area contributed by atoms with E-state index >= 15 is 0 Å². The highest BCUT2D eigenvalue weighted by Gasteiger charge is 2.08. The summed E-state index contributed by atoms with van der Waals surface area (Å²) < 4.78 is 14.9. The number of carbonyl (C=O) groups excluding carboxylic acids is 1. The number of nitrogens with one attached hydrogen (secondary N) is 1. The lowest BCUT2D eigenvalue weighted by Gasteiger charge is -2.12. The van der Waals surface area contributed by atoms with Crippen molar-refractivity contribution in [3.05, 3.63) is 83.7 Å². The molecule has 0 fully saturated rings. The van der Waals surface area contributed by atoms with Crippen LogP contribution in [-0.4, -0.2) is 21.2 Å². The number of rotatable bonds is 7. The van der Waals surface area contributed by atoms with Crippen LogP contribution in [0.3, 0.4) is 0 Å². The van der Waals surface area contributed by atoms with Gasteiger partial charge in [0.15, 0.2) is 0 Å². The molecule has 0 aliphatic heterocycles. The number of amides is 1. The Balaban J connectivity index is 1.52. The van der Waals surface area contributed by atoms with Gasteiger partial charge in [-0.1, -0.05) is 30.3 Å². The van der Waals surface area contributed by atoms with E-state index in [9.17, 15) is 9.18 Å². The molecule has 0 aliphatic rings. The van der Waals surface area contributed by atoms with E-state index in [1.54, 1.807) is 18.3 Å². The van der Waals surface area contributed by atoms with Gasteiger partial charge in [0, 0.05) is 24.7 Å². The van der Waals surface area contributed by atoms with Crippen molar-refractivity contribution >= 4 is 17.7 Å². The van der Waals surface area contributed by atoms with Crippen molar-refractivity contribution in [2.45, 2.75) is 19.2 Å². The molecule has 2 aromatic carbocycles. The van der Waals surface area contributed by atoms with Gasteiger partial charge in [0.05, 0.1) is 11.4 Å². The summed E-state index contributed by atoms with van der Waals surface area (Å²) in [6.07, 6.45) is 3.67. The fourth-order valence-electron chi connectivity index (χ4n) is 2.61. The molecule has 134 valence electrons. The van der Waals surface area contributed by atoms with Crippen molar-refractivity contribution in [1.29, 1.82) is 0 Å². The van der Waals surface area contributed by atoms with Gasteiger partial charge >= 0.3 is 0 Å². The zero-order chi connectivity index (χ0) is 18.4. The third-order valence-corrected chi connectivity index (χ3v) is 4.97. The van der Waals surface area contributed by atoms with E-state index < -0.39 is 0 Å². The molecule has 6 heteroatoms. The summed E-state index contributed by atoms with van der Waals surface area (Å²) in [6, 6.07) is 14.3. The molecule has 0 radical (unpaired) electrons. The molecule has 0 aliphatic carbocycles. The predicted octanol–water partition coefficient (Wildman–Crippen LogP) is 3.87. The van der Waals surface area contributed by atoms with Crippen LogP contribution in [0.2, 0.25) is 0 Å². The van der Waals surface area contributed by atoms with Crippen molar-refractivity contribution in [1.82, 2.24) is 14.9 Å². The Morgan fingerprint density at radius 2 is 1.96 bits per heavy atom. The van der Waals surface area contributed by atoms with Gasteiger partial charge in [-0.2, -0.15) is 0 Å². The topological polar surface area (TPSA) is 46.9 Å². The Kier molecular flexibility index (Phi) is 6.07. The average Bonchev–Trinajstić information content (AvgIpc) is 3.08. The lowest BCUT2D eigenvalue weighted by molar-refractivity contribution is -0.118. The molecule has 0 saturated carbocycles. The Labute approximate surface area is 156 Å². The van der Waals surface area contributed by atoms with Gasteiger partial charge in [-0.3, -0.25) is 4.79 Å². The Hall–Kier alpha value is -2.60. The van der Waals surface area contributed by atoms with E-state index in [0.29, 0.717) is 18.1 Å². The van der Waals surface area contributed by atoms with Gasteiger partial charge in [-0.25, -0.2) is 9.37 Å². The lowest BCUT2D eigenvalue weighted by atomic mass is 10.1. The molecule has 1 N–H and O–H groups in total. The first-order chi connectivity index (χ1) is 12.6. The van der Waals surface area contributed by atoms with Crippen molar-refractivity contribution in [2.24, 2.45) is 0 Å². The highest BCUT2D eigenvalue weighted by Crippen LogP contribution is 2.16. The number of aromatic nitrogens is 2. The van der Waals surface area contributed by atoms with Crippen molar-refractivity contribution in [3.8, 4) is 5.69 Å². The fourth-order valence-corrected chi connectivity index (χ4v) is 3.43. The Bertz CT molecular complexity index is 877. The maximum atomic E-state index is 12.9. The number of thioether (sulfide) groups is 1. The highest BCUT2D eigenvalue weighted by atomic mass is 32.2. The molecule has 4 nitrogen and oxygen atoms in total. The van der Waals surface area contributed by atoms with Crippen molar-refractivity contribution < 1.29 is 9.18 Å². The minimum atomic E-state index is -0.247. The number of hydrogen-bond donors (Lipinski definition) is 1. The molecule has 0 spiro atoms. The summed E-state index contributed by atoms with van der Waals surface area (Å²) in [5.74, 6) is 1.68. The third kappa shape index (κ3) is 4.73. The van der Waals surface area contributed by atoms with Gasteiger partial charge in [-0.15, -0.1) is 11.8 Å². The van der Waals surface area contributed by atoms with Gasteiger partial charge in [-0.05, 0) is 36.2 Å². The Morgan fingerprint density at radius 1 is 1.19 bits per heavy atom. The summed E-state index contributed by atoms with van der Waals surface area (Å²) in [5, 5.41) is 2.96. The fraction of sp³-hybridized carbons (Fsp3) is 0.200. The van der Waals surface area contributed by atoms with E-state index in [0.717, 1.165) is 22.6 Å². The molecule has 0 bridgehead atoms. The Morgan fingerprint density at radius 3 is 2.69 bits per heavy atom. The molecule has 0 unspecified atom stereocenters. The van der Waals surface area contributed by atoms with E-state index in [2.05, 4.69) is 10.3 Å². The summed E-state index contributed by atoms with van der Waals surface area (Å²) in [6.45, 7) is 2.41. The zero-order valence-corrected chi connectivity index (χ0v) is 15.3. The van der Waals surface area contributed by atoms with Gasteiger partial charge in [0.1, 0.15) is 11.6 Å². The first-order valence-corrected chi connectivity index (χ1v) is 9.46. The van der Waals surface area contributed by atoms with Crippen LogP contribution in [0.4, 0.5) is 4.39 Å². The minimum Gasteiger partial charge on any atom is -0.351 e. The lowest BCUT2D eigenvalue weighted by Crippen LogP contribution is -2.25. The second-order valence-electron chi connectivity index (χ2n) is 5.87. The number of para-hydroxylation sites is 1. The van der Waals surface area contributed by atoms with Crippen LogP contribution in [0.1, 0.15) is 17.0 Å². The van der Waals surface area contributed by atoms with Crippen LogP contribution in [0, 0.1) is 12.7 Å². The summed E-state index contributed by atoms with van der Waals surface area (Å²) >= 11 is 1.51. The average molecular weight is 369 g/mol.